The van der Waals surface area contributed by atoms with Gasteiger partial charge in [-0.1, -0.05) is 0 Å². The number of hydrogen-bond acceptors (Lipinski definition) is 4. The lowest BCUT2D eigenvalue weighted by Gasteiger charge is -2.06. The number of carbonyl (C=O) groups excluding carboxylic acids is 2. The molecule has 0 aliphatic carbocycles. The minimum atomic E-state index is -1.13. The van der Waals surface area contributed by atoms with E-state index in [4.69, 9.17) is 5.11 Å². The van der Waals surface area contributed by atoms with E-state index in [-0.39, 0.29) is 18.9 Å². The van der Waals surface area contributed by atoms with Crippen molar-refractivity contribution in [3.63, 3.8) is 0 Å². The molecule has 8 nitrogen and oxygen atoms in total. The molecule has 0 aromatic carbocycles. The number of carboxylic acid groups (broad SMARTS) is 1. The zero-order valence-corrected chi connectivity index (χ0v) is 11.5. The van der Waals surface area contributed by atoms with E-state index >= 15 is 0 Å². The molecule has 0 fully saturated rings. The van der Waals surface area contributed by atoms with E-state index in [1.807, 2.05) is 19.9 Å². The number of rotatable bonds is 7. The number of carbonyl (C=O) groups is 3. The Morgan fingerprint density at radius 2 is 1.85 bits per heavy atom. The maximum Gasteiger partial charge on any atom is 0.322 e. The van der Waals surface area contributed by atoms with Gasteiger partial charge in [0.25, 0.3) is 0 Å². The van der Waals surface area contributed by atoms with Crippen molar-refractivity contribution in [2.75, 3.05) is 13.1 Å². The van der Waals surface area contributed by atoms with Gasteiger partial charge in [0, 0.05) is 18.7 Å². The lowest BCUT2D eigenvalue weighted by molar-refractivity contribution is -0.137. The van der Waals surface area contributed by atoms with Crippen molar-refractivity contribution < 1.29 is 19.5 Å². The van der Waals surface area contributed by atoms with Crippen LogP contribution in [0.25, 0.3) is 0 Å². The normalized spacial score (nSPS) is 10.1. The SMILES string of the molecule is Cc1cc(C)n(CCC(=O)NCC(=O)NCC(=O)O)n1. The van der Waals surface area contributed by atoms with E-state index < -0.39 is 18.4 Å². The van der Waals surface area contributed by atoms with E-state index in [1.165, 1.54) is 0 Å². The molecule has 0 unspecified atom stereocenters. The highest BCUT2D eigenvalue weighted by Crippen LogP contribution is 2.02. The second kappa shape index (κ2) is 7.27. The number of hydrogen-bond donors (Lipinski definition) is 3. The molecule has 0 spiro atoms. The highest BCUT2D eigenvalue weighted by atomic mass is 16.4. The van der Waals surface area contributed by atoms with Gasteiger partial charge >= 0.3 is 5.97 Å². The van der Waals surface area contributed by atoms with Gasteiger partial charge in [-0.2, -0.15) is 5.10 Å². The Morgan fingerprint density at radius 3 is 2.40 bits per heavy atom. The summed E-state index contributed by atoms with van der Waals surface area (Å²) >= 11 is 0. The fraction of sp³-hybridized carbons (Fsp3) is 0.500. The second-order valence-corrected chi connectivity index (χ2v) is 4.35. The fourth-order valence-electron chi connectivity index (χ4n) is 1.61. The van der Waals surface area contributed by atoms with Crippen molar-refractivity contribution in [1.82, 2.24) is 20.4 Å². The molecule has 20 heavy (non-hydrogen) atoms. The Kier molecular flexibility index (Phi) is 5.70. The largest absolute Gasteiger partial charge is 0.480 e. The summed E-state index contributed by atoms with van der Waals surface area (Å²) in [4.78, 5) is 32.9. The van der Waals surface area contributed by atoms with E-state index in [9.17, 15) is 14.4 Å². The monoisotopic (exact) mass is 282 g/mol. The molecule has 2 amide bonds. The fourth-order valence-corrected chi connectivity index (χ4v) is 1.61. The first-order valence-corrected chi connectivity index (χ1v) is 6.14. The molecule has 1 rings (SSSR count). The molecule has 0 aliphatic heterocycles. The maximum atomic E-state index is 11.5. The molecule has 0 aliphatic rings. The summed E-state index contributed by atoms with van der Waals surface area (Å²) in [6, 6.07) is 1.91. The Bertz CT molecular complexity index is 510. The summed E-state index contributed by atoms with van der Waals surface area (Å²) in [5.41, 5.74) is 1.85. The number of aromatic nitrogens is 2. The predicted octanol–water partition coefficient (Wildman–Crippen LogP) is -0.793. The van der Waals surface area contributed by atoms with Gasteiger partial charge in [0.1, 0.15) is 6.54 Å². The van der Waals surface area contributed by atoms with Crippen LogP contribution in [-0.4, -0.2) is 45.8 Å². The molecule has 1 heterocycles. The Morgan fingerprint density at radius 1 is 1.20 bits per heavy atom. The van der Waals surface area contributed by atoms with Crippen molar-refractivity contribution in [2.24, 2.45) is 0 Å². The van der Waals surface area contributed by atoms with Crippen LogP contribution < -0.4 is 10.6 Å². The van der Waals surface area contributed by atoms with Gasteiger partial charge in [0.2, 0.25) is 11.8 Å². The standard InChI is InChI=1S/C12H18N4O4/c1-8-5-9(2)16(15-8)4-3-10(17)13-6-11(18)14-7-12(19)20/h5H,3-4,6-7H2,1-2H3,(H,13,17)(H,14,18)(H,19,20). The first-order chi connectivity index (χ1) is 9.38. The minimum absolute atomic E-state index is 0.203. The van der Waals surface area contributed by atoms with Gasteiger partial charge in [-0.25, -0.2) is 0 Å². The lowest BCUT2D eigenvalue weighted by atomic mass is 10.3. The smallest absolute Gasteiger partial charge is 0.322 e. The highest BCUT2D eigenvalue weighted by Gasteiger charge is 2.08. The van der Waals surface area contributed by atoms with Crippen LogP contribution in [-0.2, 0) is 20.9 Å². The molecule has 0 atom stereocenters. The number of carboxylic acids is 1. The van der Waals surface area contributed by atoms with Crippen molar-refractivity contribution >= 4 is 17.8 Å². The third-order valence-corrected chi connectivity index (χ3v) is 2.54. The van der Waals surface area contributed by atoms with Crippen LogP contribution in [0.5, 0.6) is 0 Å². The second-order valence-electron chi connectivity index (χ2n) is 4.35. The van der Waals surface area contributed by atoms with Crippen LogP contribution in [0.1, 0.15) is 17.8 Å². The van der Waals surface area contributed by atoms with Crippen LogP contribution >= 0.6 is 0 Å². The Labute approximate surface area is 116 Å². The van der Waals surface area contributed by atoms with Gasteiger partial charge in [0.15, 0.2) is 0 Å². The first kappa shape index (κ1) is 15.7. The summed E-state index contributed by atoms with van der Waals surface area (Å²) in [7, 11) is 0. The number of amides is 2. The Balaban J connectivity index is 2.25. The van der Waals surface area contributed by atoms with Crippen LogP contribution in [0.4, 0.5) is 0 Å². The van der Waals surface area contributed by atoms with Crippen molar-refractivity contribution in [3.8, 4) is 0 Å². The average Bonchev–Trinajstić information content (AvgIpc) is 2.69. The Hall–Kier alpha value is -2.38. The zero-order chi connectivity index (χ0) is 15.1. The molecule has 0 radical (unpaired) electrons. The quantitative estimate of drug-likeness (QED) is 0.606. The molecular weight excluding hydrogens is 264 g/mol. The number of nitrogens with one attached hydrogen (secondary N) is 2. The molecule has 3 N–H and O–H groups in total. The summed E-state index contributed by atoms with van der Waals surface area (Å²) in [6.07, 6.45) is 0.203. The van der Waals surface area contributed by atoms with Crippen molar-refractivity contribution in [1.29, 1.82) is 0 Å². The topological polar surface area (TPSA) is 113 Å². The van der Waals surface area contributed by atoms with Crippen molar-refractivity contribution in [2.45, 2.75) is 26.8 Å². The van der Waals surface area contributed by atoms with Crippen molar-refractivity contribution in [3.05, 3.63) is 17.5 Å². The molecule has 1 aromatic rings. The third-order valence-electron chi connectivity index (χ3n) is 2.54. The molecule has 0 bridgehead atoms. The molecular formula is C12H18N4O4. The van der Waals surface area contributed by atoms with E-state index in [0.29, 0.717) is 6.54 Å². The van der Waals surface area contributed by atoms with Crippen LogP contribution in [0, 0.1) is 13.8 Å². The third kappa shape index (κ3) is 5.51. The van der Waals surface area contributed by atoms with Gasteiger partial charge < -0.3 is 15.7 Å². The van der Waals surface area contributed by atoms with Crippen LogP contribution in [0.15, 0.2) is 6.07 Å². The zero-order valence-electron chi connectivity index (χ0n) is 11.5. The first-order valence-electron chi connectivity index (χ1n) is 6.14. The van der Waals surface area contributed by atoms with E-state index in [1.54, 1.807) is 4.68 Å². The molecule has 8 heteroatoms. The maximum absolute atomic E-state index is 11.5. The molecule has 110 valence electrons. The van der Waals surface area contributed by atoms with Gasteiger partial charge in [-0.3, -0.25) is 19.1 Å². The van der Waals surface area contributed by atoms with Crippen LogP contribution in [0.2, 0.25) is 0 Å². The average molecular weight is 282 g/mol. The number of aliphatic carboxylic acids is 1. The summed E-state index contributed by atoms with van der Waals surface area (Å²) in [5.74, 6) is -1.95. The van der Waals surface area contributed by atoms with Gasteiger partial charge in [-0.15, -0.1) is 0 Å². The summed E-state index contributed by atoms with van der Waals surface area (Å²) in [6.45, 7) is 3.51. The number of aryl methyl sites for hydroxylation is 3. The minimum Gasteiger partial charge on any atom is -0.480 e. The summed E-state index contributed by atoms with van der Waals surface area (Å²) < 4.78 is 1.72. The number of nitrogens with zero attached hydrogens (tertiary/aromatic N) is 2. The van der Waals surface area contributed by atoms with Gasteiger partial charge in [0.05, 0.1) is 12.2 Å². The molecule has 0 saturated carbocycles. The highest BCUT2D eigenvalue weighted by molar-refractivity contribution is 5.86. The summed E-state index contributed by atoms with van der Waals surface area (Å²) in [5, 5.41) is 17.2. The van der Waals surface area contributed by atoms with E-state index in [0.717, 1.165) is 11.4 Å². The van der Waals surface area contributed by atoms with E-state index in [2.05, 4.69) is 15.7 Å². The van der Waals surface area contributed by atoms with Gasteiger partial charge in [-0.05, 0) is 19.9 Å². The predicted molar refractivity (Wildman–Crippen MR) is 70.0 cm³/mol. The molecule has 1 aromatic heterocycles. The molecule has 0 saturated heterocycles. The lowest BCUT2D eigenvalue weighted by Crippen LogP contribution is -2.39. The van der Waals surface area contributed by atoms with Crippen LogP contribution in [0.3, 0.4) is 0 Å².